The number of rotatable bonds is 7. The zero-order valence-electron chi connectivity index (χ0n) is 18.9. The second kappa shape index (κ2) is 9.59. The van der Waals surface area contributed by atoms with Gasteiger partial charge in [0.2, 0.25) is 15.9 Å². The lowest BCUT2D eigenvalue weighted by Crippen LogP contribution is -2.49. The number of hydrogen-bond acceptors (Lipinski definition) is 7. The summed E-state index contributed by atoms with van der Waals surface area (Å²) < 4.78 is 27.6. The minimum absolute atomic E-state index is 0.00139. The summed E-state index contributed by atoms with van der Waals surface area (Å²) in [5.74, 6) is 0.694. The normalized spacial score (nSPS) is 19.4. The van der Waals surface area contributed by atoms with E-state index in [0.29, 0.717) is 25.3 Å². The molecule has 0 spiro atoms. The molecule has 0 saturated carbocycles. The van der Waals surface area contributed by atoms with E-state index in [1.165, 1.54) is 4.31 Å². The molecule has 4 heterocycles. The number of nitrogens with one attached hydrogen (secondary N) is 3. The molecule has 2 aliphatic heterocycles. The van der Waals surface area contributed by atoms with Crippen molar-refractivity contribution in [3.8, 4) is 0 Å². The van der Waals surface area contributed by atoms with Crippen molar-refractivity contribution in [2.24, 2.45) is 0 Å². The maximum Gasteiger partial charge on any atom is 0.245 e. The van der Waals surface area contributed by atoms with Crippen molar-refractivity contribution in [1.29, 1.82) is 0 Å². The van der Waals surface area contributed by atoms with E-state index in [1.54, 1.807) is 30.6 Å². The molecule has 0 radical (unpaired) electrons. The van der Waals surface area contributed by atoms with Crippen molar-refractivity contribution in [3.05, 3.63) is 42.9 Å². The van der Waals surface area contributed by atoms with Crippen LogP contribution in [-0.4, -0.2) is 72.3 Å². The van der Waals surface area contributed by atoms with Crippen LogP contribution in [0.4, 0.5) is 11.5 Å². The third kappa shape index (κ3) is 4.58. The number of aromatic nitrogens is 3. The molecule has 2 saturated heterocycles. The number of carbonyl (C=O) groups is 1. The van der Waals surface area contributed by atoms with Crippen LogP contribution >= 0.6 is 0 Å². The van der Waals surface area contributed by atoms with Gasteiger partial charge in [-0.2, -0.15) is 4.31 Å². The number of nitrogens with zero attached hydrogens (tertiary/aromatic N) is 4. The van der Waals surface area contributed by atoms with E-state index >= 15 is 0 Å². The molecule has 10 nitrogen and oxygen atoms in total. The Hall–Kier alpha value is -3.18. The fourth-order valence-corrected chi connectivity index (χ4v) is 6.44. The SMILES string of the molecule is O=C(CNc1ccccc1S(=O)(=O)N1CCCC1)N[C@@H]1CCCN(c2ncnc3[nH]ccc23)C1. The number of sulfonamides is 1. The number of H-pyrrole nitrogens is 1. The first-order valence-corrected chi connectivity index (χ1v) is 13.1. The average molecular weight is 484 g/mol. The number of benzene rings is 1. The molecule has 0 bridgehead atoms. The molecule has 3 N–H and O–H groups in total. The molecule has 1 aromatic carbocycles. The van der Waals surface area contributed by atoms with Crippen LogP contribution in [0.25, 0.3) is 11.0 Å². The van der Waals surface area contributed by atoms with Crippen LogP contribution in [0.5, 0.6) is 0 Å². The number of fused-ring (bicyclic) bond motifs is 1. The predicted octanol–water partition coefficient (Wildman–Crippen LogP) is 1.94. The van der Waals surface area contributed by atoms with E-state index in [-0.39, 0.29) is 23.4 Å². The maximum atomic E-state index is 13.0. The highest BCUT2D eigenvalue weighted by molar-refractivity contribution is 7.89. The third-order valence-corrected chi connectivity index (χ3v) is 8.39. The van der Waals surface area contributed by atoms with Crippen molar-refractivity contribution >= 4 is 38.5 Å². The Labute approximate surface area is 198 Å². The Morgan fingerprint density at radius 3 is 2.76 bits per heavy atom. The standard InChI is InChI=1S/C23H29N7O3S/c31-21(14-25-19-7-1-2-8-20(19)34(32,33)30-12-3-4-13-30)28-17-6-5-11-29(15-17)23-18-9-10-24-22(18)26-16-27-23/h1-2,7-10,16-17,25H,3-6,11-15H2,(H,28,31)(H,24,26,27)/t17-/m1/s1. The third-order valence-electron chi connectivity index (χ3n) is 6.43. The fraction of sp³-hybridized carbons (Fsp3) is 0.435. The minimum atomic E-state index is -3.58. The monoisotopic (exact) mass is 483 g/mol. The number of carbonyl (C=O) groups excluding carboxylic acids is 1. The van der Waals surface area contributed by atoms with E-state index in [9.17, 15) is 13.2 Å². The predicted molar refractivity (Wildman–Crippen MR) is 130 cm³/mol. The van der Waals surface area contributed by atoms with E-state index in [4.69, 9.17) is 0 Å². The summed E-state index contributed by atoms with van der Waals surface area (Å²) in [4.78, 5) is 26.9. The summed E-state index contributed by atoms with van der Waals surface area (Å²) in [6.07, 6.45) is 6.96. The number of aromatic amines is 1. The van der Waals surface area contributed by atoms with Crippen molar-refractivity contribution in [2.45, 2.75) is 36.6 Å². The Morgan fingerprint density at radius 1 is 1.09 bits per heavy atom. The smallest absolute Gasteiger partial charge is 0.245 e. The molecule has 1 atom stereocenters. The molecule has 180 valence electrons. The molecule has 3 aromatic rings. The Balaban J connectivity index is 1.21. The molecule has 2 fully saturated rings. The molecule has 0 unspecified atom stereocenters. The summed E-state index contributed by atoms with van der Waals surface area (Å²) in [6, 6.07) is 8.72. The van der Waals surface area contributed by atoms with Crippen LogP contribution in [0.1, 0.15) is 25.7 Å². The van der Waals surface area contributed by atoms with Gasteiger partial charge in [-0.15, -0.1) is 0 Å². The fourth-order valence-electron chi connectivity index (χ4n) is 4.76. The van der Waals surface area contributed by atoms with Gasteiger partial charge in [0.15, 0.2) is 0 Å². The molecule has 1 amide bonds. The second-order valence-corrected chi connectivity index (χ2v) is 10.7. The average Bonchev–Trinajstić information content (AvgIpc) is 3.55. The van der Waals surface area contributed by atoms with E-state index < -0.39 is 10.0 Å². The highest BCUT2D eigenvalue weighted by atomic mass is 32.2. The molecule has 2 aromatic heterocycles. The van der Waals surface area contributed by atoms with Crippen molar-refractivity contribution in [2.75, 3.05) is 42.9 Å². The lowest BCUT2D eigenvalue weighted by atomic mass is 10.1. The highest BCUT2D eigenvalue weighted by Crippen LogP contribution is 2.27. The van der Waals surface area contributed by atoms with Crippen molar-refractivity contribution in [1.82, 2.24) is 24.6 Å². The quantitative estimate of drug-likeness (QED) is 0.469. The Bertz CT molecular complexity index is 1270. The van der Waals surface area contributed by atoms with Crippen LogP contribution < -0.4 is 15.5 Å². The van der Waals surface area contributed by atoms with Crippen LogP contribution in [0.3, 0.4) is 0 Å². The molecule has 5 rings (SSSR count). The Morgan fingerprint density at radius 2 is 1.91 bits per heavy atom. The van der Waals surface area contributed by atoms with Gasteiger partial charge in [-0.05, 0) is 43.9 Å². The summed E-state index contributed by atoms with van der Waals surface area (Å²) in [5.41, 5.74) is 1.24. The number of para-hydroxylation sites is 1. The van der Waals surface area contributed by atoms with Crippen LogP contribution in [0.15, 0.2) is 47.8 Å². The van der Waals surface area contributed by atoms with E-state index in [0.717, 1.165) is 49.1 Å². The van der Waals surface area contributed by atoms with Gasteiger partial charge in [0.05, 0.1) is 17.6 Å². The summed E-state index contributed by atoms with van der Waals surface area (Å²) >= 11 is 0. The van der Waals surface area contributed by atoms with Crippen LogP contribution in [0, 0.1) is 0 Å². The lowest BCUT2D eigenvalue weighted by molar-refractivity contribution is -0.120. The van der Waals surface area contributed by atoms with Gasteiger partial charge in [-0.25, -0.2) is 18.4 Å². The van der Waals surface area contributed by atoms with Gasteiger partial charge in [-0.3, -0.25) is 4.79 Å². The maximum absolute atomic E-state index is 13.0. The first-order chi connectivity index (χ1) is 16.5. The van der Waals surface area contributed by atoms with Gasteiger partial charge in [-0.1, -0.05) is 12.1 Å². The molecule has 0 aliphatic carbocycles. The molecule has 34 heavy (non-hydrogen) atoms. The van der Waals surface area contributed by atoms with E-state index in [2.05, 4.69) is 30.5 Å². The van der Waals surface area contributed by atoms with Gasteiger partial charge >= 0.3 is 0 Å². The number of amides is 1. The molecule has 2 aliphatic rings. The number of anilines is 2. The lowest BCUT2D eigenvalue weighted by Gasteiger charge is -2.34. The van der Waals surface area contributed by atoms with Crippen LogP contribution in [0.2, 0.25) is 0 Å². The summed E-state index contributed by atoms with van der Waals surface area (Å²) in [5, 5.41) is 7.09. The largest absolute Gasteiger partial charge is 0.375 e. The molecular weight excluding hydrogens is 454 g/mol. The highest BCUT2D eigenvalue weighted by Gasteiger charge is 2.29. The van der Waals surface area contributed by atoms with E-state index in [1.807, 2.05) is 12.3 Å². The zero-order chi connectivity index (χ0) is 23.5. The second-order valence-electron chi connectivity index (χ2n) is 8.75. The first kappa shape index (κ1) is 22.6. The topological polar surface area (TPSA) is 123 Å². The summed E-state index contributed by atoms with van der Waals surface area (Å²) in [7, 11) is -3.58. The van der Waals surface area contributed by atoms with Gasteiger partial charge in [0.1, 0.15) is 22.7 Å². The molecule has 11 heteroatoms. The van der Waals surface area contributed by atoms with Crippen molar-refractivity contribution in [3.63, 3.8) is 0 Å². The molecular formula is C23H29N7O3S. The zero-order valence-corrected chi connectivity index (χ0v) is 19.7. The number of hydrogen-bond donors (Lipinski definition) is 3. The van der Waals surface area contributed by atoms with Crippen molar-refractivity contribution < 1.29 is 13.2 Å². The first-order valence-electron chi connectivity index (χ1n) is 11.7. The van der Waals surface area contributed by atoms with Gasteiger partial charge < -0.3 is 20.5 Å². The van der Waals surface area contributed by atoms with Gasteiger partial charge in [0, 0.05) is 38.4 Å². The minimum Gasteiger partial charge on any atom is -0.375 e. The Kier molecular flexibility index (Phi) is 6.38. The van der Waals surface area contributed by atoms with Crippen LogP contribution in [-0.2, 0) is 14.8 Å². The van der Waals surface area contributed by atoms with Gasteiger partial charge in [0.25, 0.3) is 0 Å². The summed E-state index contributed by atoms with van der Waals surface area (Å²) in [6.45, 7) is 2.60. The number of piperidine rings is 1.